The Morgan fingerprint density at radius 2 is 2.06 bits per heavy atom. The molecule has 3 nitrogen and oxygen atoms in total. The molecular weight excluding hydrogens is 209 g/mol. The predicted octanol–water partition coefficient (Wildman–Crippen LogP) is 2.39. The second-order valence-electron chi connectivity index (χ2n) is 3.96. The van der Waals surface area contributed by atoms with Gasteiger partial charge in [0.2, 0.25) is 0 Å². The highest BCUT2D eigenvalue weighted by atomic mass is 19.1. The van der Waals surface area contributed by atoms with Crippen LogP contribution in [0.15, 0.2) is 12.1 Å². The van der Waals surface area contributed by atoms with Crippen LogP contribution < -0.4 is 10.6 Å². The molecule has 0 radical (unpaired) electrons. The number of benzene rings is 1. The van der Waals surface area contributed by atoms with Crippen molar-refractivity contribution in [3.8, 4) is 5.75 Å². The Kier molecular flexibility index (Phi) is 4.71. The van der Waals surface area contributed by atoms with Crippen LogP contribution in [-0.2, 0) is 11.3 Å². The molecule has 0 saturated carbocycles. The molecular formula is C12H18FNO2. The summed E-state index contributed by atoms with van der Waals surface area (Å²) in [5.41, 5.74) is 1.60. The average molecular weight is 227 g/mol. The molecule has 4 heteroatoms. The van der Waals surface area contributed by atoms with Crippen LogP contribution in [0.1, 0.15) is 30.9 Å². The topological polar surface area (TPSA) is 44.5 Å². The maximum atomic E-state index is 13.7. The van der Waals surface area contributed by atoms with Gasteiger partial charge in [0.25, 0.3) is 0 Å². The molecule has 90 valence electrons. The van der Waals surface area contributed by atoms with Gasteiger partial charge in [0.1, 0.15) is 11.6 Å². The zero-order valence-electron chi connectivity index (χ0n) is 9.92. The number of methoxy groups -OCH3 is 1. The predicted molar refractivity (Wildman–Crippen MR) is 60.9 cm³/mol. The van der Waals surface area contributed by atoms with Crippen LogP contribution in [-0.4, -0.2) is 13.7 Å². The van der Waals surface area contributed by atoms with Crippen molar-refractivity contribution in [2.75, 3.05) is 13.7 Å². The summed E-state index contributed by atoms with van der Waals surface area (Å²) in [7, 11) is 1.52. The molecule has 16 heavy (non-hydrogen) atoms. The van der Waals surface area contributed by atoms with Gasteiger partial charge >= 0.3 is 0 Å². The summed E-state index contributed by atoms with van der Waals surface area (Å²) in [6, 6.07) is 3.24. The van der Waals surface area contributed by atoms with Gasteiger partial charge in [0, 0.05) is 12.5 Å². The number of ether oxygens (including phenoxy) is 1. The molecule has 0 bridgehead atoms. The zero-order chi connectivity index (χ0) is 12.1. The SMILES string of the molecule is COc1cc(F)c(C(C)C)cc1CCON. The number of hydrogen-bond donors (Lipinski definition) is 1. The van der Waals surface area contributed by atoms with Gasteiger partial charge in [-0.2, -0.15) is 0 Å². The first kappa shape index (κ1) is 12.9. The van der Waals surface area contributed by atoms with Crippen molar-refractivity contribution in [1.82, 2.24) is 0 Å². The number of hydrogen-bond acceptors (Lipinski definition) is 3. The van der Waals surface area contributed by atoms with E-state index in [2.05, 4.69) is 4.84 Å². The molecule has 0 aliphatic carbocycles. The molecule has 0 aliphatic rings. The van der Waals surface area contributed by atoms with Crippen LogP contribution in [0.5, 0.6) is 5.75 Å². The highest BCUT2D eigenvalue weighted by molar-refractivity contribution is 5.39. The van der Waals surface area contributed by atoms with Crippen molar-refractivity contribution in [3.05, 3.63) is 29.1 Å². The molecule has 0 aromatic heterocycles. The molecule has 0 atom stereocenters. The van der Waals surface area contributed by atoms with Gasteiger partial charge in [0.05, 0.1) is 13.7 Å². The van der Waals surface area contributed by atoms with E-state index < -0.39 is 0 Å². The van der Waals surface area contributed by atoms with Gasteiger partial charge in [-0.05, 0) is 23.1 Å². The van der Waals surface area contributed by atoms with Gasteiger partial charge in [-0.3, -0.25) is 0 Å². The van der Waals surface area contributed by atoms with Crippen molar-refractivity contribution in [2.24, 2.45) is 5.90 Å². The van der Waals surface area contributed by atoms with E-state index in [4.69, 9.17) is 10.6 Å². The van der Waals surface area contributed by atoms with Crippen LogP contribution in [0.4, 0.5) is 4.39 Å². The third-order valence-corrected chi connectivity index (χ3v) is 2.51. The molecule has 1 aromatic rings. The van der Waals surface area contributed by atoms with Crippen molar-refractivity contribution in [3.63, 3.8) is 0 Å². The maximum Gasteiger partial charge on any atom is 0.130 e. The Bertz CT molecular complexity index is 353. The first-order valence-electron chi connectivity index (χ1n) is 5.28. The van der Waals surface area contributed by atoms with Crippen molar-refractivity contribution < 1.29 is 14.0 Å². The Morgan fingerprint density at radius 1 is 1.38 bits per heavy atom. The van der Waals surface area contributed by atoms with Gasteiger partial charge in [-0.1, -0.05) is 13.8 Å². The molecule has 0 fully saturated rings. The number of halogens is 1. The number of nitrogens with two attached hydrogens (primary N) is 1. The summed E-state index contributed by atoms with van der Waals surface area (Å²) in [5, 5.41) is 0. The van der Waals surface area contributed by atoms with E-state index >= 15 is 0 Å². The molecule has 0 aliphatic heterocycles. The Balaban J connectivity index is 3.07. The smallest absolute Gasteiger partial charge is 0.130 e. The summed E-state index contributed by atoms with van der Waals surface area (Å²) in [4.78, 5) is 4.53. The molecule has 1 rings (SSSR count). The fourth-order valence-electron chi connectivity index (χ4n) is 1.62. The Hall–Kier alpha value is -1.13. The quantitative estimate of drug-likeness (QED) is 0.785. The summed E-state index contributed by atoms with van der Waals surface area (Å²) < 4.78 is 18.8. The van der Waals surface area contributed by atoms with Crippen LogP contribution in [0.25, 0.3) is 0 Å². The standard InChI is InChI=1S/C12H18FNO2/c1-8(2)10-6-9(4-5-16-14)12(15-3)7-11(10)13/h6-8H,4-5,14H2,1-3H3. The average Bonchev–Trinajstić information content (AvgIpc) is 2.26. The van der Waals surface area contributed by atoms with E-state index in [0.29, 0.717) is 24.3 Å². The first-order chi connectivity index (χ1) is 7.60. The monoisotopic (exact) mass is 227 g/mol. The minimum atomic E-state index is -0.232. The summed E-state index contributed by atoms with van der Waals surface area (Å²) in [5.74, 6) is 5.43. The minimum Gasteiger partial charge on any atom is -0.496 e. The van der Waals surface area contributed by atoms with Gasteiger partial charge in [-0.25, -0.2) is 10.3 Å². The van der Waals surface area contributed by atoms with Crippen LogP contribution in [0.3, 0.4) is 0 Å². The summed E-state index contributed by atoms with van der Waals surface area (Å²) in [6.45, 7) is 4.29. The van der Waals surface area contributed by atoms with E-state index in [1.54, 1.807) is 0 Å². The van der Waals surface area contributed by atoms with Crippen molar-refractivity contribution in [1.29, 1.82) is 0 Å². The Morgan fingerprint density at radius 3 is 2.56 bits per heavy atom. The van der Waals surface area contributed by atoms with Gasteiger partial charge in [0.15, 0.2) is 0 Å². The summed E-state index contributed by atoms with van der Waals surface area (Å²) >= 11 is 0. The van der Waals surface area contributed by atoms with E-state index in [0.717, 1.165) is 5.56 Å². The highest BCUT2D eigenvalue weighted by Crippen LogP contribution is 2.27. The second-order valence-corrected chi connectivity index (χ2v) is 3.96. The fraction of sp³-hybridized carbons (Fsp3) is 0.500. The molecule has 2 N–H and O–H groups in total. The fourth-order valence-corrected chi connectivity index (χ4v) is 1.62. The third-order valence-electron chi connectivity index (χ3n) is 2.51. The Labute approximate surface area is 95.3 Å². The number of rotatable bonds is 5. The van der Waals surface area contributed by atoms with Crippen LogP contribution >= 0.6 is 0 Å². The molecule has 0 amide bonds. The van der Waals surface area contributed by atoms with Crippen LogP contribution in [0.2, 0.25) is 0 Å². The molecule has 0 spiro atoms. The largest absolute Gasteiger partial charge is 0.496 e. The molecule has 0 heterocycles. The van der Waals surface area contributed by atoms with E-state index in [1.165, 1.54) is 13.2 Å². The van der Waals surface area contributed by atoms with Crippen LogP contribution in [0, 0.1) is 5.82 Å². The van der Waals surface area contributed by atoms with Crippen molar-refractivity contribution >= 4 is 0 Å². The van der Waals surface area contributed by atoms with Gasteiger partial charge < -0.3 is 9.57 Å². The second kappa shape index (κ2) is 5.82. The lowest BCUT2D eigenvalue weighted by atomic mass is 9.98. The molecule has 0 unspecified atom stereocenters. The lowest BCUT2D eigenvalue weighted by Crippen LogP contribution is -2.06. The van der Waals surface area contributed by atoms with Gasteiger partial charge in [-0.15, -0.1) is 0 Å². The third kappa shape index (κ3) is 2.93. The first-order valence-corrected chi connectivity index (χ1v) is 5.28. The van der Waals surface area contributed by atoms with E-state index in [9.17, 15) is 4.39 Å². The normalized spacial score (nSPS) is 10.9. The molecule has 1 aromatic carbocycles. The lowest BCUT2D eigenvalue weighted by Gasteiger charge is -2.13. The van der Waals surface area contributed by atoms with E-state index in [1.807, 2.05) is 19.9 Å². The molecule has 0 saturated heterocycles. The lowest BCUT2D eigenvalue weighted by molar-refractivity contribution is 0.140. The minimum absolute atomic E-state index is 0.142. The van der Waals surface area contributed by atoms with Crippen molar-refractivity contribution in [2.45, 2.75) is 26.2 Å². The zero-order valence-corrected chi connectivity index (χ0v) is 9.92. The highest BCUT2D eigenvalue weighted by Gasteiger charge is 2.12. The maximum absolute atomic E-state index is 13.7. The summed E-state index contributed by atoms with van der Waals surface area (Å²) in [6.07, 6.45) is 0.611. The van der Waals surface area contributed by atoms with E-state index in [-0.39, 0.29) is 11.7 Å².